The van der Waals surface area contributed by atoms with Crippen molar-refractivity contribution >= 4 is 10.8 Å². The van der Waals surface area contributed by atoms with Gasteiger partial charge in [-0.15, -0.1) is 0 Å². The Balaban J connectivity index is 2.12. The van der Waals surface area contributed by atoms with Crippen LogP contribution in [-0.4, -0.2) is 34.2 Å². The predicted octanol–water partition coefficient (Wildman–Crippen LogP) is 3.64. The number of rotatable bonds is 4. The molecule has 0 unspecified atom stereocenters. The van der Waals surface area contributed by atoms with Gasteiger partial charge in [-0.25, -0.2) is 9.97 Å². The maximum atomic E-state index is 5.66. The average Bonchev–Trinajstić information content (AvgIpc) is 3.33. The Kier molecular flexibility index (Phi) is 3.42. The third-order valence-corrected chi connectivity index (χ3v) is 4.08. The van der Waals surface area contributed by atoms with Gasteiger partial charge in [-0.1, -0.05) is 0 Å². The van der Waals surface area contributed by atoms with Gasteiger partial charge in [-0.3, -0.25) is 0 Å². The molecule has 4 rings (SSSR count). The fourth-order valence-electron chi connectivity index (χ4n) is 2.96. The van der Waals surface area contributed by atoms with E-state index < -0.39 is 0 Å². The van der Waals surface area contributed by atoms with E-state index in [0.29, 0.717) is 0 Å². The molecule has 0 radical (unpaired) electrons. The fourth-order valence-corrected chi connectivity index (χ4v) is 2.96. The molecule has 0 saturated heterocycles. The monoisotopic (exact) mass is 320 g/mol. The fraction of sp³-hybridized carbons (Fsp3) is 0.111. The molecule has 120 valence electrons. The summed E-state index contributed by atoms with van der Waals surface area (Å²) in [6.07, 6.45) is 6.91. The number of nitrogens with zero attached hydrogens (tertiary/aromatic N) is 2. The van der Waals surface area contributed by atoms with Crippen molar-refractivity contribution in [3.05, 3.63) is 49.3 Å². The number of hydrogen-bond acceptors (Lipinski definition) is 4. The molecular formula is C18H16N4O2. The van der Waals surface area contributed by atoms with Gasteiger partial charge < -0.3 is 19.4 Å². The zero-order valence-electron chi connectivity index (χ0n) is 13.3. The molecule has 0 fully saturated rings. The van der Waals surface area contributed by atoms with E-state index >= 15 is 0 Å². The zero-order chi connectivity index (χ0) is 16.5. The van der Waals surface area contributed by atoms with Crippen LogP contribution in [0.5, 0.6) is 11.5 Å². The Bertz CT molecular complexity index is 976. The average molecular weight is 320 g/mol. The van der Waals surface area contributed by atoms with Crippen molar-refractivity contribution in [2.75, 3.05) is 14.2 Å². The molecule has 0 aliphatic carbocycles. The number of aromatic nitrogens is 4. The first-order valence-corrected chi connectivity index (χ1v) is 7.48. The van der Waals surface area contributed by atoms with Crippen LogP contribution < -0.4 is 9.47 Å². The van der Waals surface area contributed by atoms with Crippen molar-refractivity contribution in [1.82, 2.24) is 19.9 Å². The van der Waals surface area contributed by atoms with E-state index in [0.717, 1.165) is 44.8 Å². The SMILES string of the molecule is COc1ccc2c(-c3cnc[nH]3)c(OC)cc(-c3cnc[nH]3)c2c1. The smallest absolute Gasteiger partial charge is 0.129 e. The van der Waals surface area contributed by atoms with Crippen molar-refractivity contribution < 1.29 is 9.47 Å². The Hall–Kier alpha value is -3.28. The van der Waals surface area contributed by atoms with Gasteiger partial charge in [0, 0.05) is 11.1 Å². The Morgan fingerprint density at radius 2 is 1.58 bits per heavy atom. The third-order valence-electron chi connectivity index (χ3n) is 4.08. The molecule has 0 atom stereocenters. The minimum absolute atomic E-state index is 0.765. The van der Waals surface area contributed by atoms with Crippen LogP contribution in [0.25, 0.3) is 33.3 Å². The molecule has 4 aromatic rings. The lowest BCUT2D eigenvalue weighted by Crippen LogP contribution is -1.94. The second-order valence-corrected chi connectivity index (χ2v) is 5.34. The minimum atomic E-state index is 0.765. The normalized spacial score (nSPS) is 10.9. The van der Waals surface area contributed by atoms with Crippen molar-refractivity contribution in [2.24, 2.45) is 0 Å². The standard InChI is InChI=1S/C18H16N4O2/c1-23-11-3-4-12-13(5-11)14(15-7-19-9-21-15)6-17(24-2)18(12)16-8-20-10-22-16/h3-10H,1-2H3,(H,19,21)(H,20,22). The summed E-state index contributed by atoms with van der Waals surface area (Å²) in [4.78, 5) is 14.6. The lowest BCUT2D eigenvalue weighted by Gasteiger charge is -2.15. The molecule has 6 heteroatoms. The van der Waals surface area contributed by atoms with Crippen molar-refractivity contribution in [3.8, 4) is 34.0 Å². The number of nitrogens with one attached hydrogen (secondary N) is 2. The van der Waals surface area contributed by atoms with Gasteiger partial charge in [-0.05, 0) is 35.0 Å². The second-order valence-electron chi connectivity index (χ2n) is 5.34. The highest BCUT2D eigenvalue weighted by Crippen LogP contribution is 2.42. The molecule has 0 spiro atoms. The molecule has 2 heterocycles. The van der Waals surface area contributed by atoms with Crippen LogP contribution >= 0.6 is 0 Å². The molecule has 0 aliphatic rings. The van der Waals surface area contributed by atoms with Crippen molar-refractivity contribution in [1.29, 1.82) is 0 Å². The molecule has 2 aromatic carbocycles. The number of benzene rings is 2. The molecule has 24 heavy (non-hydrogen) atoms. The largest absolute Gasteiger partial charge is 0.497 e. The van der Waals surface area contributed by atoms with Crippen LogP contribution in [-0.2, 0) is 0 Å². The molecule has 0 saturated carbocycles. The van der Waals surface area contributed by atoms with Crippen LogP contribution in [0.4, 0.5) is 0 Å². The van der Waals surface area contributed by atoms with E-state index in [1.54, 1.807) is 39.3 Å². The van der Waals surface area contributed by atoms with E-state index in [4.69, 9.17) is 9.47 Å². The second kappa shape index (κ2) is 5.73. The number of imidazole rings is 2. The molecule has 2 aromatic heterocycles. The summed E-state index contributed by atoms with van der Waals surface area (Å²) in [5.74, 6) is 1.56. The van der Waals surface area contributed by atoms with Gasteiger partial charge in [-0.2, -0.15) is 0 Å². The summed E-state index contributed by atoms with van der Waals surface area (Å²) in [5.41, 5.74) is 3.79. The Labute approximate surface area is 138 Å². The van der Waals surface area contributed by atoms with Crippen molar-refractivity contribution in [3.63, 3.8) is 0 Å². The summed E-state index contributed by atoms with van der Waals surface area (Å²) >= 11 is 0. The third kappa shape index (κ3) is 2.20. The number of ether oxygens (including phenoxy) is 2. The predicted molar refractivity (Wildman–Crippen MR) is 92.2 cm³/mol. The van der Waals surface area contributed by atoms with Gasteiger partial charge in [0.1, 0.15) is 11.5 Å². The zero-order valence-corrected chi connectivity index (χ0v) is 13.3. The van der Waals surface area contributed by atoms with E-state index in [2.05, 4.69) is 19.9 Å². The highest BCUT2D eigenvalue weighted by Gasteiger charge is 2.17. The van der Waals surface area contributed by atoms with E-state index in [-0.39, 0.29) is 0 Å². The lowest BCUT2D eigenvalue weighted by atomic mass is 9.95. The van der Waals surface area contributed by atoms with Gasteiger partial charge in [0.25, 0.3) is 0 Å². The molecular weight excluding hydrogens is 304 g/mol. The van der Waals surface area contributed by atoms with Crippen molar-refractivity contribution in [2.45, 2.75) is 0 Å². The van der Waals surface area contributed by atoms with E-state index in [9.17, 15) is 0 Å². The molecule has 2 N–H and O–H groups in total. The first-order chi connectivity index (χ1) is 11.8. The summed E-state index contributed by atoms with van der Waals surface area (Å²) < 4.78 is 11.1. The highest BCUT2D eigenvalue weighted by molar-refractivity contribution is 6.07. The summed E-state index contributed by atoms with van der Waals surface area (Å²) in [6.45, 7) is 0. The van der Waals surface area contributed by atoms with Gasteiger partial charge in [0.2, 0.25) is 0 Å². The van der Waals surface area contributed by atoms with Crippen LogP contribution in [0.2, 0.25) is 0 Å². The quantitative estimate of drug-likeness (QED) is 0.602. The molecule has 0 aliphatic heterocycles. The van der Waals surface area contributed by atoms with Crippen LogP contribution in [0.1, 0.15) is 0 Å². The number of hydrogen-bond donors (Lipinski definition) is 2. The van der Waals surface area contributed by atoms with Gasteiger partial charge in [0.05, 0.1) is 50.7 Å². The lowest BCUT2D eigenvalue weighted by molar-refractivity contribution is 0.415. The van der Waals surface area contributed by atoms with Gasteiger partial charge >= 0.3 is 0 Å². The van der Waals surface area contributed by atoms with Crippen LogP contribution in [0, 0.1) is 0 Å². The topological polar surface area (TPSA) is 75.8 Å². The summed E-state index contributed by atoms with van der Waals surface area (Å²) in [7, 11) is 3.33. The maximum Gasteiger partial charge on any atom is 0.129 e. The number of methoxy groups -OCH3 is 2. The van der Waals surface area contributed by atoms with Gasteiger partial charge in [0.15, 0.2) is 0 Å². The number of H-pyrrole nitrogens is 2. The first-order valence-electron chi connectivity index (χ1n) is 7.48. The summed E-state index contributed by atoms with van der Waals surface area (Å²) in [5, 5.41) is 2.09. The molecule has 0 amide bonds. The Morgan fingerprint density at radius 3 is 2.21 bits per heavy atom. The van der Waals surface area contributed by atoms with E-state index in [1.165, 1.54) is 0 Å². The van der Waals surface area contributed by atoms with E-state index in [1.807, 2.05) is 24.3 Å². The molecule has 0 bridgehead atoms. The Morgan fingerprint density at radius 1 is 0.833 bits per heavy atom. The molecule has 6 nitrogen and oxygen atoms in total. The van der Waals surface area contributed by atoms with Crippen LogP contribution in [0.3, 0.4) is 0 Å². The minimum Gasteiger partial charge on any atom is -0.497 e. The maximum absolute atomic E-state index is 5.66. The number of aromatic amines is 2. The first kappa shape index (κ1) is 14.3. The highest BCUT2D eigenvalue weighted by atomic mass is 16.5. The number of fused-ring (bicyclic) bond motifs is 1. The summed E-state index contributed by atoms with van der Waals surface area (Å²) in [6, 6.07) is 8.00. The van der Waals surface area contributed by atoms with Crippen LogP contribution in [0.15, 0.2) is 49.3 Å².